The lowest BCUT2D eigenvalue weighted by molar-refractivity contribution is 0.370. The minimum atomic E-state index is 0.564. The predicted molar refractivity (Wildman–Crippen MR) is 70.3 cm³/mol. The van der Waals surface area contributed by atoms with Crippen molar-refractivity contribution in [3.8, 4) is 11.3 Å². The van der Waals surface area contributed by atoms with Crippen molar-refractivity contribution in [3.05, 3.63) is 24.9 Å². The highest BCUT2D eigenvalue weighted by atomic mass is 15.3. The number of imidazole rings is 1. The Labute approximate surface area is 107 Å². The Bertz CT molecular complexity index is 507. The van der Waals surface area contributed by atoms with Crippen molar-refractivity contribution >= 4 is 0 Å². The lowest BCUT2D eigenvalue weighted by Crippen LogP contribution is -2.29. The summed E-state index contributed by atoms with van der Waals surface area (Å²) in [6.45, 7) is 5.19. The molecule has 2 aromatic rings. The molecular weight excluding hydrogens is 226 g/mol. The van der Waals surface area contributed by atoms with E-state index in [0.29, 0.717) is 6.04 Å². The molecule has 0 radical (unpaired) electrons. The zero-order valence-corrected chi connectivity index (χ0v) is 10.7. The number of rotatable bonds is 3. The van der Waals surface area contributed by atoms with Crippen LogP contribution in [-0.4, -0.2) is 32.4 Å². The third kappa shape index (κ3) is 2.06. The minimum absolute atomic E-state index is 0.564. The van der Waals surface area contributed by atoms with Crippen LogP contribution in [0.2, 0.25) is 0 Å². The summed E-state index contributed by atoms with van der Waals surface area (Å²) < 4.78 is 4.26. The lowest BCUT2D eigenvalue weighted by Gasteiger charge is -2.25. The van der Waals surface area contributed by atoms with Crippen molar-refractivity contribution in [1.29, 1.82) is 0 Å². The largest absolute Gasteiger partial charge is 0.327 e. The van der Waals surface area contributed by atoms with Crippen LogP contribution in [0.1, 0.15) is 25.8 Å². The molecule has 1 aliphatic rings. The molecule has 1 aliphatic heterocycles. The van der Waals surface area contributed by atoms with E-state index in [-0.39, 0.29) is 0 Å². The quantitative estimate of drug-likeness (QED) is 0.895. The molecule has 5 nitrogen and oxygen atoms in total. The molecule has 18 heavy (non-hydrogen) atoms. The molecule has 0 bridgehead atoms. The van der Waals surface area contributed by atoms with Gasteiger partial charge in [0.25, 0.3) is 0 Å². The molecule has 1 saturated heterocycles. The summed E-state index contributed by atoms with van der Waals surface area (Å²) in [5.41, 5.74) is 2.34. The molecule has 3 rings (SSSR count). The van der Waals surface area contributed by atoms with Crippen molar-refractivity contribution in [3.63, 3.8) is 0 Å². The van der Waals surface area contributed by atoms with Gasteiger partial charge >= 0.3 is 0 Å². The van der Waals surface area contributed by atoms with Gasteiger partial charge < -0.3 is 9.88 Å². The molecule has 0 aliphatic carbocycles. The van der Waals surface area contributed by atoms with Crippen LogP contribution in [0.5, 0.6) is 0 Å². The summed E-state index contributed by atoms with van der Waals surface area (Å²) in [5, 5.41) is 7.74. The first-order valence-corrected chi connectivity index (χ1v) is 6.64. The van der Waals surface area contributed by atoms with Crippen molar-refractivity contribution < 1.29 is 0 Å². The monoisotopic (exact) mass is 245 g/mol. The Hall–Kier alpha value is -1.62. The Morgan fingerprint density at radius 3 is 2.89 bits per heavy atom. The van der Waals surface area contributed by atoms with Gasteiger partial charge in [-0.25, -0.2) is 4.98 Å². The van der Waals surface area contributed by atoms with Crippen LogP contribution in [-0.2, 0) is 6.54 Å². The van der Waals surface area contributed by atoms with Crippen LogP contribution in [0, 0.1) is 0 Å². The van der Waals surface area contributed by atoms with E-state index >= 15 is 0 Å². The van der Waals surface area contributed by atoms with E-state index < -0.39 is 0 Å². The molecule has 96 valence electrons. The van der Waals surface area contributed by atoms with Crippen molar-refractivity contribution in [2.45, 2.75) is 32.4 Å². The molecule has 1 N–H and O–H groups in total. The molecule has 0 saturated carbocycles. The maximum Gasteiger partial charge on any atom is 0.0953 e. The van der Waals surface area contributed by atoms with Gasteiger partial charge in [0.05, 0.1) is 24.4 Å². The number of aryl methyl sites for hydroxylation is 1. The fraction of sp³-hybridized carbons (Fsp3) is 0.538. The highest BCUT2D eigenvalue weighted by Crippen LogP contribution is 2.26. The molecule has 5 heteroatoms. The van der Waals surface area contributed by atoms with Crippen LogP contribution < -0.4 is 5.32 Å². The second-order valence-electron chi connectivity index (χ2n) is 4.75. The Morgan fingerprint density at radius 2 is 2.17 bits per heavy atom. The lowest BCUT2D eigenvalue weighted by atomic mass is 10.1. The SMILES string of the molecule is CCn1cc(-c2cncn2C2CCNCC2)cn1. The van der Waals surface area contributed by atoms with Crippen molar-refractivity contribution in [1.82, 2.24) is 24.6 Å². The van der Waals surface area contributed by atoms with Crippen LogP contribution in [0.15, 0.2) is 24.9 Å². The molecule has 0 amide bonds. The summed E-state index contributed by atoms with van der Waals surface area (Å²) in [5.74, 6) is 0. The zero-order chi connectivity index (χ0) is 12.4. The third-order valence-electron chi connectivity index (χ3n) is 3.62. The van der Waals surface area contributed by atoms with E-state index in [9.17, 15) is 0 Å². The summed E-state index contributed by atoms with van der Waals surface area (Å²) in [6, 6.07) is 0.564. The van der Waals surface area contributed by atoms with Crippen molar-refractivity contribution in [2.24, 2.45) is 0 Å². The molecule has 0 atom stereocenters. The molecular formula is C13H19N5. The number of hydrogen-bond donors (Lipinski definition) is 1. The third-order valence-corrected chi connectivity index (χ3v) is 3.62. The topological polar surface area (TPSA) is 47.7 Å². The van der Waals surface area contributed by atoms with Gasteiger partial charge in [-0.3, -0.25) is 4.68 Å². The number of piperidine rings is 1. The fourth-order valence-electron chi connectivity index (χ4n) is 2.57. The van der Waals surface area contributed by atoms with Crippen LogP contribution >= 0.6 is 0 Å². The summed E-state index contributed by atoms with van der Waals surface area (Å²) in [7, 11) is 0. The summed E-state index contributed by atoms with van der Waals surface area (Å²) >= 11 is 0. The van der Waals surface area contributed by atoms with E-state index in [1.165, 1.54) is 18.5 Å². The number of nitrogens with zero attached hydrogens (tertiary/aromatic N) is 4. The van der Waals surface area contributed by atoms with Gasteiger partial charge in [-0.2, -0.15) is 5.10 Å². The van der Waals surface area contributed by atoms with E-state index in [4.69, 9.17) is 0 Å². The summed E-state index contributed by atoms with van der Waals surface area (Å²) in [6.07, 6.45) is 10.3. The first kappa shape index (κ1) is 11.5. The Kier molecular flexibility index (Phi) is 3.15. The maximum absolute atomic E-state index is 4.34. The van der Waals surface area contributed by atoms with Gasteiger partial charge in [-0.05, 0) is 32.9 Å². The second-order valence-corrected chi connectivity index (χ2v) is 4.75. The van der Waals surface area contributed by atoms with E-state index in [0.717, 1.165) is 25.2 Å². The Balaban J connectivity index is 1.90. The maximum atomic E-state index is 4.34. The standard InChI is InChI=1S/C13H19N5/c1-2-17-9-11(7-16-17)13-8-15-10-18(13)12-3-5-14-6-4-12/h7-10,12,14H,2-6H2,1H3. The molecule has 0 spiro atoms. The van der Waals surface area contributed by atoms with Crippen LogP contribution in [0.4, 0.5) is 0 Å². The molecule has 2 aromatic heterocycles. The van der Waals surface area contributed by atoms with Crippen LogP contribution in [0.3, 0.4) is 0 Å². The van der Waals surface area contributed by atoms with Gasteiger partial charge in [0.2, 0.25) is 0 Å². The number of nitrogens with one attached hydrogen (secondary N) is 1. The van der Waals surface area contributed by atoms with Crippen LogP contribution in [0.25, 0.3) is 11.3 Å². The van der Waals surface area contributed by atoms with Gasteiger partial charge in [0.15, 0.2) is 0 Å². The Morgan fingerprint density at radius 1 is 1.33 bits per heavy atom. The second kappa shape index (κ2) is 4.94. The zero-order valence-electron chi connectivity index (χ0n) is 10.7. The smallest absolute Gasteiger partial charge is 0.0953 e. The van der Waals surface area contributed by atoms with Gasteiger partial charge in [0.1, 0.15) is 0 Å². The van der Waals surface area contributed by atoms with Gasteiger partial charge in [-0.15, -0.1) is 0 Å². The van der Waals surface area contributed by atoms with Crippen molar-refractivity contribution in [2.75, 3.05) is 13.1 Å². The number of aromatic nitrogens is 4. The average molecular weight is 245 g/mol. The number of hydrogen-bond acceptors (Lipinski definition) is 3. The average Bonchev–Trinajstić information content (AvgIpc) is 3.08. The fourth-order valence-corrected chi connectivity index (χ4v) is 2.57. The van der Waals surface area contributed by atoms with E-state index in [1.54, 1.807) is 0 Å². The van der Waals surface area contributed by atoms with Gasteiger partial charge in [0, 0.05) is 24.3 Å². The molecule has 0 unspecified atom stereocenters. The first-order valence-electron chi connectivity index (χ1n) is 6.64. The van der Waals surface area contributed by atoms with E-state index in [2.05, 4.69) is 33.1 Å². The van der Waals surface area contributed by atoms with E-state index in [1.807, 2.05) is 23.4 Å². The predicted octanol–water partition coefficient (Wildman–Crippen LogP) is 1.69. The highest BCUT2D eigenvalue weighted by molar-refractivity contribution is 5.56. The molecule has 1 fully saturated rings. The first-order chi connectivity index (χ1) is 8.88. The molecule has 0 aromatic carbocycles. The minimum Gasteiger partial charge on any atom is -0.327 e. The van der Waals surface area contributed by atoms with Gasteiger partial charge in [-0.1, -0.05) is 0 Å². The normalized spacial score (nSPS) is 17.2. The molecule has 3 heterocycles. The highest BCUT2D eigenvalue weighted by Gasteiger charge is 2.18. The summed E-state index contributed by atoms with van der Waals surface area (Å²) in [4.78, 5) is 4.31.